The van der Waals surface area contributed by atoms with Gasteiger partial charge in [-0.25, -0.2) is 0 Å². The highest BCUT2D eigenvalue weighted by Gasteiger charge is 2.20. The molecule has 0 saturated carbocycles. The number of aliphatic hydroxyl groups excluding tert-OH is 1. The highest BCUT2D eigenvalue weighted by atomic mass is 16.3. The van der Waals surface area contributed by atoms with Crippen molar-refractivity contribution in [2.45, 2.75) is 12.6 Å². The molecule has 1 amide bonds. The fourth-order valence-corrected chi connectivity index (χ4v) is 1.83. The van der Waals surface area contributed by atoms with Crippen molar-refractivity contribution in [1.82, 2.24) is 9.88 Å². The number of rotatable bonds is 4. The second-order valence-corrected chi connectivity index (χ2v) is 4.37. The summed E-state index contributed by atoms with van der Waals surface area (Å²) < 4.78 is 0. The molecule has 0 aliphatic carbocycles. The second kappa shape index (κ2) is 6.11. The Morgan fingerprint density at radius 3 is 2.63 bits per heavy atom. The van der Waals surface area contributed by atoms with E-state index in [1.54, 1.807) is 43.7 Å². The van der Waals surface area contributed by atoms with E-state index < -0.39 is 6.10 Å². The van der Waals surface area contributed by atoms with Gasteiger partial charge in [0.25, 0.3) is 5.91 Å². The monoisotopic (exact) mass is 256 g/mol. The summed E-state index contributed by atoms with van der Waals surface area (Å²) in [5.41, 5.74) is 1.53. The summed E-state index contributed by atoms with van der Waals surface area (Å²) >= 11 is 0. The molecule has 1 atom stereocenters. The molecule has 0 radical (unpaired) electrons. The minimum atomic E-state index is -1.12. The molecule has 2 rings (SSSR count). The van der Waals surface area contributed by atoms with E-state index in [0.29, 0.717) is 12.1 Å². The summed E-state index contributed by atoms with van der Waals surface area (Å²) in [6.45, 7) is 0.427. The minimum absolute atomic E-state index is 0.324. The number of likely N-dealkylation sites (N-methyl/N-ethyl adjacent to an activating group) is 1. The summed E-state index contributed by atoms with van der Waals surface area (Å²) in [7, 11) is 1.67. The SMILES string of the molecule is CN(Cc1cccnc1)C(=O)C(O)c1ccccc1. The van der Waals surface area contributed by atoms with Gasteiger partial charge in [-0.1, -0.05) is 36.4 Å². The number of carbonyl (C=O) groups is 1. The van der Waals surface area contributed by atoms with Crippen molar-refractivity contribution >= 4 is 5.91 Å². The van der Waals surface area contributed by atoms with E-state index in [4.69, 9.17) is 0 Å². The van der Waals surface area contributed by atoms with Crippen molar-refractivity contribution in [3.05, 3.63) is 66.0 Å². The van der Waals surface area contributed by atoms with E-state index in [-0.39, 0.29) is 5.91 Å². The molecule has 1 unspecified atom stereocenters. The third kappa shape index (κ3) is 3.39. The first-order valence-electron chi connectivity index (χ1n) is 6.05. The Kier molecular flexibility index (Phi) is 4.26. The summed E-state index contributed by atoms with van der Waals surface area (Å²) in [5, 5.41) is 10.0. The molecule has 0 bridgehead atoms. The topological polar surface area (TPSA) is 53.4 Å². The lowest BCUT2D eigenvalue weighted by molar-refractivity contribution is -0.139. The molecule has 4 nitrogen and oxygen atoms in total. The van der Waals surface area contributed by atoms with Crippen LogP contribution in [0.1, 0.15) is 17.2 Å². The van der Waals surface area contributed by atoms with Gasteiger partial charge in [-0.2, -0.15) is 0 Å². The number of nitrogens with zero attached hydrogens (tertiary/aromatic N) is 2. The Morgan fingerprint density at radius 2 is 2.00 bits per heavy atom. The van der Waals surface area contributed by atoms with Crippen molar-refractivity contribution in [1.29, 1.82) is 0 Å². The molecule has 0 saturated heterocycles. The number of pyridine rings is 1. The molecule has 0 aliphatic rings. The number of benzene rings is 1. The van der Waals surface area contributed by atoms with Gasteiger partial charge >= 0.3 is 0 Å². The van der Waals surface area contributed by atoms with Crippen molar-refractivity contribution < 1.29 is 9.90 Å². The van der Waals surface area contributed by atoms with E-state index >= 15 is 0 Å². The Bertz CT molecular complexity index is 528. The molecule has 1 aromatic heterocycles. The number of aliphatic hydroxyl groups is 1. The van der Waals surface area contributed by atoms with Gasteiger partial charge in [-0.3, -0.25) is 9.78 Å². The molecule has 98 valence electrons. The fourth-order valence-electron chi connectivity index (χ4n) is 1.83. The number of carbonyl (C=O) groups excluding carboxylic acids is 1. The highest BCUT2D eigenvalue weighted by Crippen LogP contribution is 2.15. The number of hydrogen-bond donors (Lipinski definition) is 1. The number of amides is 1. The van der Waals surface area contributed by atoms with Crippen LogP contribution in [0.4, 0.5) is 0 Å². The van der Waals surface area contributed by atoms with Crippen LogP contribution < -0.4 is 0 Å². The van der Waals surface area contributed by atoms with Crippen LogP contribution >= 0.6 is 0 Å². The van der Waals surface area contributed by atoms with Gasteiger partial charge in [-0.05, 0) is 17.2 Å². The van der Waals surface area contributed by atoms with Crippen LogP contribution in [0.5, 0.6) is 0 Å². The zero-order valence-corrected chi connectivity index (χ0v) is 10.7. The molecule has 4 heteroatoms. The Labute approximate surface area is 112 Å². The quantitative estimate of drug-likeness (QED) is 0.907. The first-order valence-corrected chi connectivity index (χ1v) is 6.05. The fraction of sp³-hybridized carbons (Fsp3) is 0.200. The second-order valence-electron chi connectivity index (χ2n) is 4.37. The lowest BCUT2D eigenvalue weighted by Gasteiger charge is -2.20. The number of aromatic nitrogens is 1. The molecule has 19 heavy (non-hydrogen) atoms. The summed E-state index contributed by atoms with van der Waals surface area (Å²) in [5.74, 6) is -0.324. The molecule has 0 fully saturated rings. The zero-order chi connectivity index (χ0) is 13.7. The van der Waals surface area contributed by atoms with Crippen LogP contribution in [-0.4, -0.2) is 27.9 Å². The van der Waals surface area contributed by atoms with E-state index in [0.717, 1.165) is 5.56 Å². The van der Waals surface area contributed by atoms with Crippen molar-refractivity contribution in [2.75, 3.05) is 7.05 Å². The normalized spacial score (nSPS) is 11.9. The molecular weight excluding hydrogens is 240 g/mol. The molecule has 1 heterocycles. The number of hydrogen-bond acceptors (Lipinski definition) is 3. The van der Waals surface area contributed by atoms with Crippen LogP contribution in [0.25, 0.3) is 0 Å². The van der Waals surface area contributed by atoms with Crippen molar-refractivity contribution in [2.24, 2.45) is 0 Å². The molecular formula is C15H16N2O2. The Hall–Kier alpha value is -2.20. The van der Waals surface area contributed by atoms with Gasteiger partial charge in [0.15, 0.2) is 6.10 Å². The standard InChI is InChI=1S/C15H16N2O2/c1-17(11-12-6-5-9-16-10-12)15(19)14(18)13-7-3-2-4-8-13/h2-10,14,18H,11H2,1H3. The summed E-state index contributed by atoms with van der Waals surface area (Å²) in [4.78, 5) is 17.6. The summed E-state index contributed by atoms with van der Waals surface area (Å²) in [6, 6.07) is 12.6. The van der Waals surface area contributed by atoms with Gasteiger partial charge in [0.2, 0.25) is 0 Å². The third-order valence-electron chi connectivity index (χ3n) is 2.87. The lowest BCUT2D eigenvalue weighted by atomic mass is 10.1. The van der Waals surface area contributed by atoms with Crippen LogP contribution in [0.15, 0.2) is 54.9 Å². The van der Waals surface area contributed by atoms with Gasteiger partial charge in [0.05, 0.1) is 0 Å². The lowest BCUT2D eigenvalue weighted by Crippen LogP contribution is -2.31. The van der Waals surface area contributed by atoms with Crippen LogP contribution in [-0.2, 0) is 11.3 Å². The zero-order valence-electron chi connectivity index (χ0n) is 10.7. The first kappa shape index (κ1) is 13.2. The first-order chi connectivity index (χ1) is 9.18. The van der Waals surface area contributed by atoms with E-state index in [1.807, 2.05) is 18.2 Å². The third-order valence-corrected chi connectivity index (χ3v) is 2.87. The largest absolute Gasteiger partial charge is 0.378 e. The molecule has 0 aliphatic heterocycles. The summed E-state index contributed by atoms with van der Waals surface area (Å²) in [6.07, 6.45) is 2.27. The predicted octanol–water partition coefficient (Wildman–Crippen LogP) is 1.77. The molecule has 1 aromatic carbocycles. The van der Waals surface area contributed by atoms with E-state index in [9.17, 15) is 9.90 Å². The Morgan fingerprint density at radius 1 is 1.26 bits per heavy atom. The maximum absolute atomic E-state index is 12.1. The molecule has 0 spiro atoms. The molecule has 1 N–H and O–H groups in total. The van der Waals surface area contributed by atoms with Gasteiger partial charge in [-0.15, -0.1) is 0 Å². The maximum Gasteiger partial charge on any atom is 0.256 e. The smallest absolute Gasteiger partial charge is 0.256 e. The van der Waals surface area contributed by atoms with Crippen LogP contribution in [0.2, 0.25) is 0 Å². The van der Waals surface area contributed by atoms with Crippen LogP contribution in [0, 0.1) is 0 Å². The van der Waals surface area contributed by atoms with Crippen molar-refractivity contribution in [3.63, 3.8) is 0 Å². The van der Waals surface area contributed by atoms with Gasteiger partial charge < -0.3 is 10.0 Å². The van der Waals surface area contributed by atoms with Crippen molar-refractivity contribution in [3.8, 4) is 0 Å². The highest BCUT2D eigenvalue weighted by molar-refractivity contribution is 5.81. The average Bonchev–Trinajstić information content (AvgIpc) is 2.47. The molecule has 2 aromatic rings. The maximum atomic E-state index is 12.1. The predicted molar refractivity (Wildman–Crippen MR) is 72.1 cm³/mol. The minimum Gasteiger partial charge on any atom is -0.378 e. The van der Waals surface area contributed by atoms with E-state index in [2.05, 4.69) is 4.98 Å². The Balaban J connectivity index is 2.03. The van der Waals surface area contributed by atoms with Gasteiger partial charge in [0, 0.05) is 26.0 Å². The van der Waals surface area contributed by atoms with E-state index in [1.165, 1.54) is 4.90 Å². The van der Waals surface area contributed by atoms with Crippen LogP contribution in [0.3, 0.4) is 0 Å². The average molecular weight is 256 g/mol. The van der Waals surface area contributed by atoms with Gasteiger partial charge in [0.1, 0.15) is 0 Å².